The second kappa shape index (κ2) is 6.03. The summed E-state index contributed by atoms with van der Waals surface area (Å²) in [6, 6.07) is 5.01. The molecule has 0 bridgehead atoms. The van der Waals surface area contributed by atoms with Crippen LogP contribution >= 0.6 is 0 Å². The summed E-state index contributed by atoms with van der Waals surface area (Å²) in [5, 5.41) is 18.1. The second-order valence-electron chi connectivity index (χ2n) is 4.74. The molecule has 20 heavy (non-hydrogen) atoms. The van der Waals surface area contributed by atoms with Gasteiger partial charge in [0.15, 0.2) is 0 Å². The largest absolute Gasteiger partial charge is 0.480 e. The number of benzene rings is 1. The lowest BCUT2D eigenvalue weighted by Crippen LogP contribution is -2.44. The fourth-order valence-electron chi connectivity index (χ4n) is 1.71. The standard InChI is InChI=1S/C13H16N2O4S/c1-8(2)12(13(16)17)15-20(18,19)11-6-4-5-9(3)10(11)7-14/h4-6,8,12,15H,1-3H3,(H,16,17)/t12-/m0/s1. The van der Waals surface area contributed by atoms with Gasteiger partial charge in [0.05, 0.1) is 5.56 Å². The Morgan fingerprint density at radius 3 is 2.45 bits per heavy atom. The van der Waals surface area contributed by atoms with Crippen LogP contribution in [0.5, 0.6) is 0 Å². The highest BCUT2D eigenvalue weighted by Gasteiger charge is 2.29. The molecule has 0 saturated carbocycles. The number of carbonyl (C=O) groups is 1. The summed E-state index contributed by atoms with van der Waals surface area (Å²) >= 11 is 0. The Balaban J connectivity index is 3.29. The highest BCUT2D eigenvalue weighted by Crippen LogP contribution is 2.19. The van der Waals surface area contributed by atoms with Crippen molar-refractivity contribution in [2.75, 3.05) is 0 Å². The number of sulfonamides is 1. The van der Waals surface area contributed by atoms with Crippen LogP contribution in [0.4, 0.5) is 0 Å². The fraction of sp³-hybridized carbons (Fsp3) is 0.385. The van der Waals surface area contributed by atoms with Crippen LogP contribution in [0.3, 0.4) is 0 Å². The first kappa shape index (κ1) is 16.1. The number of nitrogens with one attached hydrogen (secondary N) is 1. The van der Waals surface area contributed by atoms with Crippen molar-refractivity contribution in [2.24, 2.45) is 5.92 Å². The van der Waals surface area contributed by atoms with Gasteiger partial charge in [-0.2, -0.15) is 9.98 Å². The van der Waals surface area contributed by atoms with Gasteiger partial charge in [-0.1, -0.05) is 26.0 Å². The summed E-state index contributed by atoms with van der Waals surface area (Å²) in [6.07, 6.45) is 0. The highest BCUT2D eigenvalue weighted by molar-refractivity contribution is 7.89. The lowest BCUT2D eigenvalue weighted by molar-refractivity contribution is -0.140. The van der Waals surface area contributed by atoms with E-state index in [9.17, 15) is 13.2 Å². The summed E-state index contributed by atoms with van der Waals surface area (Å²) in [5.41, 5.74) is 0.541. The molecule has 0 aliphatic carbocycles. The molecule has 1 rings (SSSR count). The average molecular weight is 296 g/mol. The number of aliphatic carboxylic acids is 1. The van der Waals surface area contributed by atoms with Crippen molar-refractivity contribution in [3.8, 4) is 6.07 Å². The van der Waals surface area contributed by atoms with Crippen LogP contribution in [0.1, 0.15) is 25.0 Å². The van der Waals surface area contributed by atoms with Crippen molar-refractivity contribution in [3.05, 3.63) is 29.3 Å². The minimum absolute atomic E-state index is 0.0212. The van der Waals surface area contributed by atoms with E-state index in [4.69, 9.17) is 10.4 Å². The van der Waals surface area contributed by atoms with Crippen LogP contribution in [0.2, 0.25) is 0 Å². The Labute approximate surface area is 118 Å². The van der Waals surface area contributed by atoms with Crippen molar-refractivity contribution in [3.63, 3.8) is 0 Å². The summed E-state index contributed by atoms with van der Waals surface area (Å²) in [4.78, 5) is 10.9. The van der Waals surface area contributed by atoms with Gasteiger partial charge < -0.3 is 5.11 Å². The quantitative estimate of drug-likeness (QED) is 0.850. The monoisotopic (exact) mass is 296 g/mol. The molecule has 0 unspecified atom stereocenters. The van der Waals surface area contributed by atoms with Gasteiger partial charge in [0.2, 0.25) is 10.0 Å². The van der Waals surface area contributed by atoms with Crippen molar-refractivity contribution >= 4 is 16.0 Å². The Hall–Kier alpha value is -1.91. The Morgan fingerprint density at radius 2 is 2.00 bits per heavy atom. The Kier molecular flexibility index (Phi) is 4.87. The van der Waals surface area contributed by atoms with Gasteiger partial charge in [-0.05, 0) is 24.5 Å². The molecule has 0 amide bonds. The molecule has 0 fully saturated rings. The van der Waals surface area contributed by atoms with E-state index < -0.39 is 28.0 Å². The number of nitrogens with zero attached hydrogens (tertiary/aromatic N) is 1. The topological polar surface area (TPSA) is 107 Å². The van der Waals surface area contributed by atoms with E-state index in [2.05, 4.69) is 4.72 Å². The molecule has 0 saturated heterocycles. The average Bonchev–Trinajstić information content (AvgIpc) is 2.35. The predicted octanol–water partition coefficient (Wildman–Crippen LogP) is 1.25. The number of nitriles is 1. The second-order valence-corrected chi connectivity index (χ2v) is 6.42. The number of carboxylic acids is 1. The molecule has 1 aromatic carbocycles. The van der Waals surface area contributed by atoms with Crippen LogP contribution in [-0.2, 0) is 14.8 Å². The van der Waals surface area contributed by atoms with Gasteiger partial charge in [-0.15, -0.1) is 0 Å². The van der Waals surface area contributed by atoms with E-state index in [1.54, 1.807) is 26.8 Å². The maximum Gasteiger partial charge on any atom is 0.322 e. The molecule has 7 heteroatoms. The van der Waals surface area contributed by atoms with Gasteiger partial charge in [0, 0.05) is 0 Å². The minimum Gasteiger partial charge on any atom is -0.480 e. The first-order chi connectivity index (χ1) is 9.20. The molecular weight excluding hydrogens is 280 g/mol. The number of hydrogen-bond donors (Lipinski definition) is 2. The summed E-state index contributed by atoms with van der Waals surface area (Å²) < 4.78 is 26.6. The van der Waals surface area contributed by atoms with Crippen molar-refractivity contribution in [1.29, 1.82) is 5.26 Å². The SMILES string of the molecule is Cc1cccc(S(=O)(=O)N[C@H](C(=O)O)C(C)C)c1C#N. The zero-order chi connectivity index (χ0) is 15.5. The van der Waals surface area contributed by atoms with E-state index in [0.29, 0.717) is 5.56 Å². The molecule has 2 N–H and O–H groups in total. The normalized spacial score (nSPS) is 12.9. The predicted molar refractivity (Wildman–Crippen MR) is 72.5 cm³/mol. The van der Waals surface area contributed by atoms with Gasteiger partial charge in [-0.25, -0.2) is 8.42 Å². The minimum atomic E-state index is -4.07. The lowest BCUT2D eigenvalue weighted by Gasteiger charge is -2.18. The zero-order valence-electron chi connectivity index (χ0n) is 11.4. The van der Waals surface area contributed by atoms with Gasteiger partial charge >= 0.3 is 5.97 Å². The highest BCUT2D eigenvalue weighted by atomic mass is 32.2. The van der Waals surface area contributed by atoms with Crippen molar-refractivity contribution in [1.82, 2.24) is 4.72 Å². The zero-order valence-corrected chi connectivity index (χ0v) is 12.2. The molecule has 0 spiro atoms. The number of carboxylic acid groups (broad SMARTS) is 1. The van der Waals surface area contributed by atoms with Gasteiger partial charge in [-0.3, -0.25) is 4.79 Å². The summed E-state index contributed by atoms with van der Waals surface area (Å²) in [7, 11) is -4.07. The summed E-state index contributed by atoms with van der Waals surface area (Å²) in [5.74, 6) is -1.67. The van der Waals surface area contributed by atoms with E-state index >= 15 is 0 Å². The molecule has 0 aromatic heterocycles. The number of rotatable bonds is 5. The summed E-state index contributed by atoms with van der Waals surface area (Å²) in [6.45, 7) is 4.82. The Bertz CT molecular complexity index is 659. The fourth-order valence-corrected chi connectivity index (χ4v) is 3.28. The van der Waals surface area contributed by atoms with E-state index in [0.717, 1.165) is 0 Å². The third-order valence-electron chi connectivity index (χ3n) is 2.85. The van der Waals surface area contributed by atoms with E-state index in [1.807, 2.05) is 6.07 Å². The van der Waals surface area contributed by atoms with E-state index in [1.165, 1.54) is 12.1 Å². The molecule has 6 nitrogen and oxygen atoms in total. The molecule has 0 radical (unpaired) electrons. The molecule has 108 valence electrons. The van der Waals surface area contributed by atoms with Crippen molar-refractivity contribution < 1.29 is 18.3 Å². The van der Waals surface area contributed by atoms with Crippen LogP contribution in [0.25, 0.3) is 0 Å². The Morgan fingerprint density at radius 1 is 1.40 bits per heavy atom. The molecule has 0 heterocycles. The number of aryl methyl sites for hydroxylation is 1. The maximum atomic E-state index is 12.3. The third-order valence-corrected chi connectivity index (χ3v) is 4.33. The molecule has 0 aliphatic rings. The molecule has 1 aromatic rings. The molecule has 0 aliphatic heterocycles. The van der Waals surface area contributed by atoms with Crippen LogP contribution < -0.4 is 4.72 Å². The first-order valence-corrected chi connectivity index (χ1v) is 7.44. The number of hydrogen-bond acceptors (Lipinski definition) is 4. The van der Waals surface area contributed by atoms with Crippen LogP contribution in [0, 0.1) is 24.2 Å². The smallest absolute Gasteiger partial charge is 0.322 e. The van der Waals surface area contributed by atoms with Crippen LogP contribution in [0.15, 0.2) is 23.1 Å². The molecule has 1 atom stereocenters. The van der Waals surface area contributed by atoms with Crippen LogP contribution in [-0.4, -0.2) is 25.5 Å². The van der Waals surface area contributed by atoms with Gasteiger partial charge in [0.1, 0.15) is 17.0 Å². The first-order valence-electron chi connectivity index (χ1n) is 5.95. The van der Waals surface area contributed by atoms with Crippen molar-refractivity contribution in [2.45, 2.75) is 31.7 Å². The maximum absolute atomic E-state index is 12.3. The molecular formula is C13H16N2O4S. The third kappa shape index (κ3) is 3.35. The van der Waals surface area contributed by atoms with Gasteiger partial charge in [0.25, 0.3) is 0 Å². The van der Waals surface area contributed by atoms with E-state index in [-0.39, 0.29) is 10.5 Å². The lowest BCUT2D eigenvalue weighted by atomic mass is 10.1.